The third kappa shape index (κ3) is 6.32. The summed E-state index contributed by atoms with van der Waals surface area (Å²) < 4.78 is 0. The molecule has 1 N–H and O–H groups in total. The van der Waals surface area contributed by atoms with E-state index in [2.05, 4.69) is 37.3 Å². The Morgan fingerprint density at radius 2 is 2.12 bits per heavy atom. The van der Waals surface area contributed by atoms with Gasteiger partial charge >= 0.3 is 0 Å². The van der Waals surface area contributed by atoms with Gasteiger partial charge in [-0.25, -0.2) is 0 Å². The van der Waals surface area contributed by atoms with E-state index in [-0.39, 0.29) is 5.91 Å². The van der Waals surface area contributed by atoms with Gasteiger partial charge in [0.15, 0.2) is 0 Å². The number of rotatable bonds is 10. The second kappa shape index (κ2) is 10.4. The van der Waals surface area contributed by atoms with E-state index < -0.39 is 6.10 Å². The highest BCUT2D eigenvalue weighted by Gasteiger charge is 2.30. The standard InChI is InChI=1S/C22H33NO2/c1-3-4-9-18(2)21(24)16-17-23-20(14-15-22(23)25)13-8-12-19-10-6-5-7-11-19/h5-7,9-11,20-21,24H,3-4,8,12-17H2,1-2H3/b18-9-/t20?,21-/m0/s1. The molecule has 1 unspecified atom stereocenters. The summed E-state index contributed by atoms with van der Waals surface area (Å²) in [5.74, 6) is 0.257. The van der Waals surface area contributed by atoms with Gasteiger partial charge in [-0.3, -0.25) is 4.79 Å². The van der Waals surface area contributed by atoms with Crippen molar-refractivity contribution in [1.82, 2.24) is 4.90 Å². The van der Waals surface area contributed by atoms with Crippen LogP contribution < -0.4 is 0 Å². The van der Waals surface area contributed by atoms with Crippen molar-refractivity contribution in [2.24, 2.45) is 0 Å². The maximum atomic E-state index is 12.2. The number of aliphatic hydroxyl groups excluding tert-OH is 1. The van der Waals surface area contributed by atoms with Gasteiger partial charge in [0.2, 0.25) is 5.91 Å². The first-order chi connectivity index (χ1) is 12.1. The average molecular weight is 344 g/mol. The highest BCUT2D eigenvalue weighted by molar-refractivity contribution is 5.78. The van der Waals surface area contributed by atoms with Crippen LogP contribution >= 0.6 is 0 Å². The second-order valence-corrected chi connectivity index (χ2v) is 7.20. The molecule has 1 aromatic rings. The minimum absolute atomic E-state index is 0.257. The number of aliphatic hydroxyl groups is 1. The lowest BCUT2D eigenvalue weighted by atomic mass is 10.0. The number of aryl methyl sites for hydroxylation is 1. The summed E-state index contributed by atoms with van der Waals surface area (Å²) in [4.78, 5) is 14.2. The molecule has 2 rings (SSSR count). The Morgan fingerprint density at radius 1 is 1.36 bits per heavy atom. The fourth-order valence-electron chi connectivity index (χ4n) is 3.58. The third-order valence-corrected chi connectivity index (χ3v) is 5.22. The van der Waals surface area contributed by atoms with E-state index in [4.69, 9.17) is 0 Å². The SMILES string of the molecule is CCC/C=C(/C)[C@@H](O)CCN1C(=O)CCC1CCCc1ccccc1. The topological polar surface area (TPSA) is 40.5 Å². The largest absolute Gasteiger partial charge is 0.389 e. The number of hydrogen-bond acceptors (Lipinski definition) is 2. The van der Waals surface area contributed by atoms with E-state index >= 15 is 0 Å². The Labute approximate surface area is 152 Å². The molecule has 1 amide bonds. The van der Waals surface area contributed by atoms with E-state index in [9.17, 15) is 9.90 Å². The van der Waals surface area contributed by atoms with Crippen molar-refractivity contribution < 1.29 is 9.90 Å². The van der Waals surface area contributed by atoms with Crippen LogP contribution in [0.25, 0.3) is 0 Å². The molecule has 1 aliphatic rings. The van der Waals surface area contributed by atoms with Crippen molar-refractivity contribution in [1.29, 1.82) is 0 Å². The van der Waals surface area contributed by atoms with Crippen LogP contribution in [0.3, 0.4) is 0 Å². The summed E-state index contributed by atoms with van der Waals surface area (Å²) >= 11 is 0. The number of likely N-dealkylation sites (tertiary alicyclic amines) is 1. The average Bonchev–Trinajstić information content (AvgIpc) is 2.98. The van der Waals surface area contributed by atoms with Crippen LogP contribution in [0.4, 0.5) is 0 Å². The molecule has 0 radical (unpaired) electrons. The lowest BCUT2D eigenvalue weighted by Gasteiger charge is -2.26. The molecule has 0 saturated carbocycles. The van der Waals surface area contributed by atoms with Crippen molar-refractivity contribution >= 4 is 5.91 Å². The summed E-state index contributed by atoms with van der Waals surface area (Å²) in [6.07, 6.45) is 9.31. The first kappa shape index (κ1) is 19.7. The number of carbonyl (C=O) groups is 1. The molecule has 1 heterocycles. The molecule has 138 valence electrons. The number of amides is 1. The Morgan fingerprint density at radius 3 is 2.84 bits per heavy atom. The fourth-order valence-corrected chi connectivity index (χ4v) is 3.58. The zero-order valence-corrected chi connectivity index (χ0v) is 15.8. The van der Waals surface area contributed by atoms with Gasteiger partial charge in [-0.1, -0.05) is 49.8 Å². The third-order valence-electron chi connectivity index (χ3n) is 5.22. The molecule has 3 nitrogen and oxygen atoms in total. The number of unbranched alkanes of at least 4 members (excludes halogenated alkanes) is 1. The zero-order valence-electron chi connectivity index (χ0n) is 15.8. The molecule has 0 bridgehead atoms. The normalized spacial score (nSPS) is 19.5. The first-order valence-electron chi connectivity index (χ1n) is 9.80. The van der Waals surface area contributed by atoms with Gasteiger partial charge in [-0.2, -0.15) is 0 Å². The second-order valence-electron chi connectivity index (χ2n) is 7.20. The summed E-state index contributed by atoms with van der Waals surface area (Å²) in [5.41, 5.74) is 2.40. The van der Waals surface area contributed by atoms with Crippen molar-refractivity contribution in [3.63, 3.8) is 0 Å². The molecule has 25 heavy (non-hydrogen) atoms. The molecular weight excluding hydrogens is 310 g/mol. The predicted octanol–water partition coefficient (Wildman–Crippen LogP) is 4.50. The first-order valence-corrected chi connectivity index (χ1v) is 9.80. The molecule has 2 atom stereocenters. The molecular formula is C22H33NO2. The van der Waals surface area contributed by atoms with Crippen LogP contribution in [0.2, 0.25) is 0 Å². The van der Waals surface area contributed by atoms with Crippen molar-refractivity contribution in [2.45, 2.75) is 77.4 Å². The summed E-state index contributed by atoms with van der Waals surface area (Å²) in [6, 6.07) is 10.9. The molecule has 1 aliphatic heterocycles. The zero-order chi connectivity index (χ0) is 18.1. The van der Waals surface area contributed by atoms with Crippen molar-refractivity contribution in [3.8, 4) is 0 Å². The monoisotopic (exact) mass is 343 g/mol. The van der Waals surface area contributed by atoms with Gasteiger partial charge in [0.25, 0.3) is 0 Å². The van der Waals surface area contributed by atoms with Gasteiger partial charge in [0.05, 0.1) is 6.10 Å². The van der Waals surface area contributed by atoms with E-state index in [0.29, 0.717) is 25.4 Å². The Bertz CT molecular complexity index is 552. The molecule has 0 aromatic heterocycles. The molecule has 1 aromatic carbocycles. The van der Waals surface area contributed by atoms with E-state index in [1.165, 1.54) is 5.56 Å². The van der Waals surface area contributed by atoms with Gasteiger partial charge in [0, 0.05) is 19.0 Å². The minimum Gasteiger partial charge on any atom is -0.389 e. The summed E-state index contributed by atoms with van der Waals surface area (Å²) in [5, 5.41) is 10.3. The highest BCUT2D eigenvalue weighted by Crippen LogP contribution is 2.24. The predicted molar refractivity (Wildman–Crippen MR) is 103 cm³/mol. The Hall–Kier alpha value is -1.61. The molecule has 1 saturated heterocycles. The van der Waals surface area contributed by atoms with Gasteiger partial charge < -0.3 is 10.0 Å². The van der Waals surface area contributed by atoms with E-state index in [1.54, 1.807) is 0 Å². The van der Waals surface area contributed by atoms with E-state index in [0.717, 1.165) is 44.1 Å². The lowest BCUT2D eigenvalue weighted by molar-refractivity contribution is -0.129. The van der Waals surface area contributed by atoms with Crippen LogP contribution in [0.1, 0.15) is 64.4 Å². The minimum atomic E-state index is -0.426. The van der Waals surface area contributed by atoms with Crippen LogP contribution in [0.15, 0.2) is 42.0 Å². The summed E-state index contributed by atoms with van der Waals surface area (Å²) in [7, 11) is 0. The fraction of sp³-hybridized carbons (Fsp3) is 0.591. The van der Waals surface area contributed by atoms with Crippen molar-refractivity contribution in [2.75, 3.05) is 6.54 Å². The van der Waals surface area contributed by atoms with Crippen LogP contribution in [-0.2, 0) is 11.2 Å². The lowest BCUT2D eigenvalue weighted by Crippen LogP contribution is -2.35. The Kier molecular flexibility index (Phi) is 8.20. The number of hydrogen-bond donors (Lipinski definition) is 1. The highest BCUT2D eigenvalue weighted by atomic mass is 16.3. The molecule has 1 fully saturated rings. The van der Waals surface area contributed by atoms with Gasteiger partial charge in [-0.05, 0) is 56.6 Å². The van der Waals surface area contributed by atoms with Gasteiger partial charge in [-0.15, -0.1) is 0 Å². The number of allylic oxidation sites excluding steroid dienone is 1. The van der Waals surface area contributed by atoms with Crippen LogP contribution in [-0.4, -0.2) is 34.6 Å². The van der Waals surface area contributed by atoms with E-state index in [1.807, 2.05) is 17.9 Å². The summed E-state index contributed by atoms with van der Waals surface area (Å²) in [6.45, 7) is 4.80. The number of carbonyl (C=O) groups excluding carboxylic acids is 1. The smallest absolute Gasteiger partial charge is 0.222 e. The van der Waals surface area contributed by atoms with Gasteiger partial charge in [0.1, 0.15) is 0 Å². The van der Waals surface area contributed by atoms with Crippen molar-refractivity contribution in [3.05, 3.63) is 47.5 Å². The quantitative estimate of drug-likeness (QED) is 0.636. The van der Waals surface area contributed by atoms with Crippen LogP contribution in [0, 0.1) is 0 Å². The van der Waals surface area contributed by atoms with Crippen LogP contribution in [0.5, 0.6) is 0 Å². The molecule has 0 aliphatic carbocycles. The molecule has 0 spiro atoms. The number of nitrogens with zero attached hydrogens (tertiary/aromatic N) is 1. The Balaban J connectivity index is 1.78. The maximum Gasteiger partial charge on any atom is 0.222 e. The number of benzene rings is 1. The molecule has 3 heteroatoms. The maximum absolute atomic E-state index is 12.2.